The molecule has 0 aromatic heterocycles. The Balaban J connectivity index is 1.58. The van der Waals surface area contributed by atoms with Crippen LogP contribution in [0.2, 0.25) is 0 Å². The predicted octanol–water partition coefficient (Wildman–Crippen LogP) is 4.34. The van der Waals surface area contributed by atoms with Crippen molar-refractivity contribution >= 4 is 23.2 Å². The smallest absolute Gasteiger partial charge is 0.265 e. The number of amides is 2. The Morgan fingerprint density at radius 3 is 2.13 bits per heavy atom. The van der Waals surface area contributed by atoms with Gasteiger partial charge in [-0.3, -0.25) is 9.59 Å². The molecule has 0 aliphatic heterocycles. The van der Waals surface area contributed by atoms with E-state index in [0.29, 0.717) is 17.1 Å². The molecule has 2 amide bonds. The molecule has 3 rings (SSSR count). The molecule has 0 aliphatic carbocycles. The zero-order valence-corrected chi connectivity index (χ0v) is 16.9. The molecule has 3 aromatic rings. The number of hydrogen-bond donors (Lipinski definition) is 2. The summed E-state index contributed by atoms with van der Waals surface area (Å²) in [6, 6.07) is 24.5. The maximum atomic E-state index is 12.5. The van der Waals surface area contributed by atoms with Crippen molar-refractivity contribution in [3.05, 3.63) is 78.9 Å². The summed E-state index contributed by atoms with van der Waals surface area (Å²) in [5.74, 6) is 0.0528. The Labute approximate surface area is 175 Å². The monoisotopic (exact) mass is 404 g/mol. The van der Waals surface area contributed by atoms with Gasteiger partial charge in [0.25, 0.3) is 5.91 Å². The highest BCUT2D eigenvalue weighted by Gasteiger charge is 2.15. The van der Waals surface area contributed by atoms with Crippen molar-refractivity contribution in [3.8, 4) is 16.9 Å². The third-order valence-electron chi connectivity index (χ3n) is 4.33. The average Bonchev–Trinajstić information content (AvgIpc) is 2.75. The van der Waals surface area contributed by atoms with E-state index in [9.17, 15) is 9.59 Å². The van der Waals surface area contributed by atoms with Crippen LogP contribution in [-0.4, -0.2) is 31.6 Å². The van der Waals surface area contributed by atoms with Gasteiger partial charge in [-0.15, -0.1) is 0 Å². The van der Waals surface area contributed by atoms with Crippen molar-refractivity contribution in [1.82, 2.24) is 0 Å². The first kappa shape index (κ1) is 21.1. The summed E-state index contributed by atoms with van der Waals surface area (Å²) >= 11 is 0. The Morgan fingerprint density at radius 2 is 1.47 bits per heavy atom. The van der Waals surface area contributed by atoms with Crippen LogP contribution in [0.4, 0.5) is 11.4 Å². The molecule has 0 bridgehead atoms. The average molecular weight is 404 g/mol. The molecule has 0 fully saturated rings. The number of benzene rings is 3. The lowest BCUT2D eigenvalue weighted by Crippen LogP contribution is -2.30. The second-order valence-corrected chi connectivity index (χ2v) is 6.70. The molecule has 2 N–H and O–H groups in total. The van der Waals surface area contributed by atoms with Crippen molar-refractivity contribution in [2.45, 2.75) is 13.0 Å². The SMILES string of the molecule is COCC(=O)Nc1cccc(NC(=O)C(C)Oc2ccc(-c3ccccc3)cc2)c1. The van der Waals surface area contributed by atoms with Crippen LogP contribution < -0.4 is 15.4 Å². The lowest BCUT2D eigenvalue weighted by Gasteiger charge is -2.15. The van der Waals surface area contributed by atoms with E-state index in [4.69, 9.17) is 9.47 Å². The van der Waals surface area contributed by atoms with Crippen molar-refractivity contribution < 1.29 is 19.1 Å². The molecule has 1 atom stereocenters. The molecule has 0 aliphatic rings. The number of hydrogen-bond acceptors (Lipinski definition) is 4. The van der Waals surface area contributed by atoms with Crippen LogP contribution in [0, 0.1) is 0 Å². The lowest BCUT2D eigenvalue weighted by atomic mass is 10.1. The molecule has 0 saturated carbocycles. The van der Waals surface area contributed by atoms with Gasteiger partial charge in [-0.1, -0.05) is 48.5 Å². The van der Waals surface area contributed by atoms with Crippen molar-refractivity contribution in [1.29, 1.82) is 0 Å². The van der Waals surface area contributed by atoms with Gasteiger partial charge in [0.2, 0.25) is 5.91 Å². The number of anilines is 2. The second kappa shape index (κ2) is 10.2. The van der Waals surface area contributed by atoms with Gasteiger partial charge in [0.05, 0.1) is 0 Å². The molecular weight excluding hydrogens is 380 g/mol. The molecule has 6 nitrogen and oxygen atoms in total. The summed E-state index contributed by atoms with van der Waals surface area (Å²) < 4.78 is 10.6. The molecule has 6 heteroatoms. The summed E-state index contributed by atoms with van der Waals surface area (Å²) in [6.07, 6.45) is -0.695. The van der Waals surface area contributed by atoms with Gasteiger partial charge >= 0.3 is 0 Å². The highest BCUT2D eigenvalue weighted by molar-refractivity contribution is 5.96. The van der Waals surface area contributed by atoms with Crippen LogP contribution in [0.25, 0.3) is 11.1 Å². The zero-order valence-electron chi connectivity index (χ0n) is 16.9. The van der Waals surface area contributed by atoms with Gasteiger partial charge in [-0.25, -0.2) is 0 Å². The van der Waals surface area contributed by atoms with E-state index in [1.165, 1.54) is 7.11 Å². The Bertz CT molecular complexity index is 988. The molecule has 3 aromatic carbocycles. The van der Waals surface area contributed by atoms with E-state index in [2.05, 4.69) is 10.6 Å². The fourth-order valence-corrected chi connectivity index (χ4v) is 2.86. The minimum atomic E-state index is -0.695. The fraction of sp³-hybridized carbons (Fsp3) is 0.167. The number of carbonyl (C=O) groups excluding carboxylic acids is 2. The van der Waals surface area contributed by atoms with Crippen LogP contribution in [0.15, 0.2) is 78.9 Å². The highest BCUT2D eigenvalue weighted by Crippen LogP contribution is 2.23. The first-order valence-electron chi connectivity index (χ1n) is 9.57. The Hall–Kier alpha value is -3.64. The number of ether oxygens (including phenoxy) is 2. The number of carbonyl (C=O) groups is 2. The van der Waals surface area contributed by atoms with Crippen molar-refractivity contribution in [2.24, 2.45) is 0 Å². The summed E-state index contributed by atoms with van der Waals surface area (Å²) in [5.41, 5.74) is 3.32. The Morgan fingerprint density at radius 1 is 0.833 bits per heavy atom. The van der Waals surface area contributed by atoms with Crippen LogP contribution >= 0.6 is 0 Å². The van der Waals surface area contributed by atoms with E-state index >= 15 is 0 Å². The number of rotatable bonds is 8. The third-order valence-corrected chi connectivity index (χ3v) is 4.33. The summed E-state index contributed by atoms with van der Waals surface area (Å²) in [6.45, 7) is 1.65. The minimum absolute atomic E-state index is 0.0372. The standard InChI is InChI=1S/C24H24N2O4/c1-17(30-22-13-11-19(12-14-22)18-7-4-3-5-8-18)24(28)26-21-10-6-9-20(15-21)25-23(27)16-29-2/h3-15,17H,16H2,1-2H3,(H,25,27)(H,26,28). The third kappa shape index (κ3) is 5.93. The lowest BCUT2D eigenvalue weighted by molar-refractivity contribution is -0.122. The first-order chi connectivity index (χ1) is 14.5. The molecule has 30 heavy (non-hydrogen) atoms. The van der Waals surface area contributed by atoms with Gasteiger partial charge in [0.1, 0.15) is 12.4 Å². The zero-order chi connectivity index (χ0) is 21.3. The van der Waals surface area contributed by atoms with Gasteiger partial charge in [0.15, 0.2) is 6.10 Å². The van der Waals surface area contributed by atoms with Gasteiger partial charge in [0, 0.05) is 18.5 Å². The van der Waals surface area contributed by atoms with Gasteiger partial charge in [-0.2, -0.15) is 0 Å². The number of nitrogens with one attached hydrogen (secondary N) is 2. The van der Waals surface area contributed by atoms with Crippen LogP contribution in [0.1, 0.15) is 6.92 Å². The molecule has 0 radical (unpaired) electrons. The Kier molecular flexibility index (Phi) is 7.19. The summed E-state index contributed by atoms with van der Waals surface area (Å²) in [4.78, 5) is 24.1. The van der Waals surface area contributed by atoms with E-state index in [1.54, 1.807) is 31.2 Å². The van der Waals surface area contributed by atoms with E-state index in [1.807, 2.05) is 54.6 Å². The normalized spacial score (nSPS) is 11.4. The van der Waals surface area contributed by atoms with Gasteiger partial charge in [-0.05, 0) is 48.4 Å². The van der Waals surface area contributed by atoms with Crippen LogP contribution in [0.5, 0.6) is 5.75 Å². The summed E-state index contributed by atoms with van der Waals surface area (Å²) in [5, 5.41) is 5.50. The molecule has 154 valence electrons. The molecular formula is C24H24N2O4. The minimum Gasteiger partial charge on any atom is -0.481 e. The first-order valence-corrected chi connectivity index (χ1v) is 9.57. The van der Waals surface area contributed by atoms with E-state index in [-0.39, 0.29) is 18.4 Å². The van der Waals surface area contributed by atoms with Crippen LogP contribution in [0.3, 0.4) is 0 Å². The predicted molar refractivity (Wildman–Crippen MR) is 118 cm³/mol. The quantitative estimate of drug-likeness (QED) is 0.585. The van der Waals surface area contributed by atoms with Gasteiger partial charge < -0.3 is 20.1 Å². The molecule has 0 spiro atoms. The topological polar surface area (TPSA) is 76.7 Å². The molecule has 0 saturated heterocycles. The highest BCUT2D eigenvalue weighted by atomic mass is 16.5. The van der Waals surface area contributed by atoms with Crippen molar-refractivity contribution in [2.75, 3.05) is 24.4 Å². The largest absolute Gasteiger partial charge is 0.481 e. The van der Waals surface area contributed by atoms with E-state index in [0.717, 1.165) is 11.1 Å². The maximum Gasteiger partial charge on any atom is 0.265 e. The maximum absolute atomic E-state index is 12.5. The summed E-state index contributed by atoms with van der Waals surface area (Å²) in [7, 11) is 1.45. The molecule has 0 heterocycles. The van der Waals surface area contributed by atoms with Crippen LogP contribution in [-0.2, 0) is 14.3 Å². The number of methoxy groups -OCH3 is 1. The second-order valence-electron chi connectivity index (χ2n) is 6.70. The van der Waals surface area contributed by atoms with E-state index < -0.39 is 6.10 Å². The fourth-order valence-electron chi connectivity index (χ4n) is 2.86. The molecule has 1 unspecified atom stereocenters. The van der Waals surface area contributed by atoms with Crippen molar-refractivity contribution in [3.63, 3.8) is 0 Å².